The Morgan fingerprint density at radius 3 is 2.59 bits per heavy atom. The molecule has 2 N–H and O–H groups in total. The number of allylic oxidation sites excluding steroid dienone is 1. The zero-order valence-electron chi connectivity index (χ0n) is 19.3. The van der Waals surface area contributed by atoms with Gasteiger partial charge in [-0.25, -0.2) is 4.98 Å². The van der Waals surface area contributed by atoms with Gasteiger partial charge in [0.1, 0.15) is 5.65 Å². The van der Waals surface area contributed by atoms with E-state index in [-0.39, 0.29) is 5.78 Å². The van der Waals surface area contributed by atoms with Crippen molar-refractivity contribution in [2.75, 3.05) is 13.1 Å². The van der Waals surface area contributed by atoms with Crippen molar-refractivity contribution in [3.63, 3.8) is 0 Å². The van der Waals surface area contributed by atoms with Crippen LogP contribution in [-0.4, -0.2) is 28.8 Å². The van der Waals surface area contributed by atoms with Gasteiger partial charge in [0.2, 0.25) is 0 Å². The number of carbonyl (C=O) groups is 1. The summed E-state index contributed by atoms with van der Waals surface area (Å²) in [5, 5.41) is 4.99. The van der Waals surface area contributed by atoms with Gasteiger partial charge in [-0.15, -0.1) is 0 Å². The third-order valence-electron chi connectivity index (χ3n) is 6.88. The first-order valence-corrected chi connectivity index (χ1v) is 12.2. The summed E-state index contributed by atoms with van der Waals surface area (Å²) in [6.07, 6.45) is 5.78. The summed E-state index contributed by atoms with van der Waals surface area (Å²) in [6.45, 7) is 7.80. The Morgan fingerprint density at radius 2 is 1.85 bits per heavy atom. The van der Waals surface area contributed by atoms with Gasteiger partial charge in [0, 0.05) is 23.6 Å². The van der Waals surface area contributed by atoms with E-state index in [2.05, 4.69) is 64.3 Å². The van der Waals surface area contributed by atoms with Gasteiger partial charge in [0.05, 0.1) is 10.7 Å². The van der Waals surface area contributed by atoms with Crippen LogP contribution in [0.4, 0.5) is 0 Å². The van der Waals surface area contributed by atoms with E-state index >= 15 is 0 Å². The van der Waals surface area contributed by atoms with E-state index in [9.17, 15) is 4.79 Å². The minimum absolute atomic E-state index is 0.00704. The van der Waals surface area contributed by atoms with Gasteiger partial charge in [-0.3, -0.25) is 4.79 Å². The van der Waals surface area contributed by atoms with Crippen molar-refractivity contribution < 1.29 is 4.79 Å². The normalized spacial score (nSPS) is 14.4. The molecule has 5 rings (SSSR count). The number of halogens is 1. The first-order valence-electron chi connectivity index (χ1n) is 11.8. The summed E-state index contributed by atoms with van der Waals surface area (Å²) in [5.41, 5.74) is 8.30. The summed E-state index contributed by atoms with van der Waals surface area (Å²) in [4.78, 5) is 20.2. The van der Waals surface area contributed by atoms with Crippen LogP contribution in [0.15, 0.2) is 67.4 Å². The fourth-order valence-electron chi connectivity index (χ4n) is 4.94. The number of rotatable bonds is 6. The Morgan fingerprint density at radius 1 is 1.12 bits per heavy atom. The molecule has 0 saturated carbocycles. The maximum Gasteiger partial charge on any atom is 0.159 e. The summed E-state index contributed by atoms with van der Waals surface area (Å²) < 4.78 is 0. The molecule has 0 radical (unpaired) electrons. The Balaban J connectivity index is 1.63. The van der Waals surface area contributed by atoms with Crippen molar-refractivity contribution in [1.29, 1.82) is 0 Å². The lowest BCUT2D eigenvalue weighted by Crippen LogP contribution is -2.26. The third kappa shape index (κ3) is 4.31. The smallest absolute Gasteiger partial charge is 0.159 e. The number of piperidine rings is 1. The number of aromatic amines is 1. The highest BCUT2D eigenvalue weighted by atomic mass is 35.5. The summed E-state index contributed by atoms with van der Waals surface area (Å²) in [7, 11) is 0. The molecule has 0 spiro atoms. The lowest BCUT2D eigenvalue weighted by molar-refractivity contribution is -0.114. The topological polar surface area (TPSA) is 57.8 Å². The fraction of sp³-hybridized carbons (Fsp3) is 0.241. The molecule has 0 amide bonds. The molecule has 34 heavy (non-hydrogen) atoms. The largest absolute Gasteiger partial charge is 0.339 e. The molecule has 3 heterocycles. The predicted molar refractivity (Wildman–Crippen MR) is 140 cm³/mol. The second-order valence-corrected chi connectivity index (χ2v) is 9.43. The van der Waals surface area contributed by atoms with E-state index in [1.165, 1.54) is 24.5 Å². The third-order valence-corrected chi connectivity index (χ3v) is 7.20. The molecule has 1 fully saturated rings. The SMILES string of the molecule is C=CC(=O)Cc1cc(-c2c(-c3ccc(C4CCNCC4)cc3)[nH]c3nccc(Cl)c23)ccc1C. The van der Waals surface area contributed by atoms with Crippen molar-refractivity contribution in [2.45, 2.75) is 32.1 Å². The van der Waals surface area contributed by atoms with Crippen LogP contribution < -0.4 is 5.32 Å². The number of nitrogens with one attached hydrogen (secondary N) is 2. The Bertz CT molecular complexity index is 1360. The fourth-order valence-corrected chi connectivity index (χ4v) is 5.18. The van der Waals surface area contributed by atoms with Crippen LogP contribution in [0.25, 0.3) is 33.4 Å². The summed E-state index contributed by atoms with van der Waals surface area (Å²) >= 11 is 6.68. The van der Waals surface area contributed by atoms with Crippen molar-refractivity contribution in [3.05, 3.63) is 89.1 Å². The van der Waals surface area contributed by atoms with Crippen molar-refractivity contribution in [3.8, 4) is 22.4 Å². The van der Waals surface area contributed by atoms with Gasteiger partial charge in [-0.1, -0.05) is 60.6 Å². The van der Waals surface area contributed by atoms with E-state index in [1.54, 1.807) is 6.20 Å². The highest BCUT2D eigenvalue weighted by molar-refractivity contribution is 6.36. The second-order valence-electron chi connectivity index (χ2n) is 9.03. The monoisotopic (exact) mass is 469 g/mol. The molecule has 1 aliphatic heterocycles. The molecule has 2 aromatic heterocycles. The number of hydrogen-bond acceptors (Lipinski definition) is 3. The number of aromatic nitrogens is 2. The molecule has 4 aromatic rings. The number of hydrogen-bond donors (Lipinski definition) is 2. The zero-order valence-corrected chi connectivity index (χ0v) is 20.1. The zero-order chi connectivity index (χ0) is 23.7. The van der Waals surface area contributed by atoms with E-state index in [4.69, 9.17) is 11.6 Å². The maximum atomic E-state index is 12.1. The van der Waals surface area contributed by atoms with Crippen LogP contribution >= 0.6 is 11.6 Å². The summed E-state index contributed by atoms with van der Waals surface area (Å²) in [5.74, 6) is 0.614. The number of carbonyl (C=O) groups excluding carboxylic acids is 1. The van der Waals surface area contributed by atoms with Crippen LogP contribution in [0.2, 0.25) is 5.02 Å². The Kier molecular flexibility index (Phi) is 6.36. The molecule has 1 aliphatic rings. The van der Waals surface area contributed by atoms with Gasteiger partial charge < -0.3 is 10.3 Å². The van der Waals surface area contributed by atoms with Gasteiger partial charge in [0.15, 0.2) is 5.78 Å². The van der Waals surface area contributed by atoms with E-state index < -0.39 is 0 Å². The van der Waals surface area contributed by atoms with Crippen molar-refractivity contribution in [2.24, 2.45) is 0 Å². The lowest BCUT2D eigenvalue weighted by atomic mass is 9.89. The number of fused-ring (bicyclic) bond motifs is 1. The molecule has 1 saturated heterocycles. The van der Waals surface area contributed by atoms with E-state index in [0.29, 0.717) is 17.4 Å². The van der Waals surface area contributed by atoms with Gasteiger partial charge in [-0.05, 0) is 78.7 Å². The Labute approximate surface area is 205 Å². The number of benzene rings is 2. The molecule has 2 aromatic carbocycles. The minimum atomic E-state index is 0.00704. The average molecular weight is 470 g/mol. The van der Waals surface area contributed by atoms with Crippen LogP contribution in [0.5, 0.6) is 0 Å². The minimum Gasteiger partial charge on any atom is -0.339 e. The number of H-pyrrole nitrogens is 1. The predicted octanol–water partition coefficient (Wildman–Crippen LogP) is 6.62. The second kappa shape index (κ2) is 9.57. The first-order chi connectivity index (χ1) is 16.5. The van der Waals surface area contributed by atoms with Crippen LogP contribution in [-0.2, 0) is 11.2 Å². The summed E-state index contributed by atoms with van der Waals surface area (Å²) in [6, 6.07) is 16.9. The van der Waals surface area contributed by atoms with E-state index in [1.807, 2.05) is 13.0 Å². The van der Waals surface area contributed by atoms with Crippen molar-refractivity contribution in [1.82, 2.24) is 15.3 Å². The van der Waals surface area contributed by atoms with Gasteiger partial charge >= 0.3 is 0 Å². The standard InChI is InChI=1S/C29H28ClN3O/c1-3-24(34)17-23-16-22(5-4-18(23)2)26-27-25(30)12-15-32-29(27)33-28(26)21-8-6-19(7-9-21)20-10-13-31-14-11-20/h3-9,12,15-16,20,31H,1,10-11,13-14,17H2,2H3,(H,32,33). The van der Waals surface area contributed by atoms with E-state index in [0.717, 1.165) is 57.6 Å². The molecular formula is C29H28ClN3O. The molecule has 0 bridgehead atoms. The molecule has 0 aliphatic carbocycles. The maximum absolute atomic E-state index is 12.1. The molecular weight excluding hydrogens is 442 g/mol. The quantitative estimate of drug-likeness (QED) is 0.312. The van der Waals surface area contributed by atoms with Crippen molar-refractivity contribution >= 4 is 28.4 Å². The van der Waals surface area contributed by atoms with Crippen LogP contribution in [0.3, 0.4) is 0 Å². The van der Waals surface area contributed by atoms with Crippen LogP contribution in [0.1, 0.15) is 35.4 Å². The number of ketones is 1. The van der Waals surface area contributed by atoms with Gasteiger partial charge in [-0.2, -0.15) is 0 Å². The molecule has 4 nitrogen and oxygen atoms in total. The number of nitrogens with zero attached hydrogens (tertiary/aromatic N) is 1. The average Bonchev–Trinajstić information content (AvgIpc) is 3.27. The molecule has 0 atom stereocenters. The highest BCUT2D eigenvalue weighted by Crippen LogP contribution is 2.41. The first kappa shape index (κ1) is 22.6. The Hall–Kier alpha value is -3.21. The number of pyridine rings is 1. The number of aryl methyl sites for hydroxylation is 1. The lowest BCUT2D eigenvalue weighted by Gasteiger charge is -2.23. The van der Waals surface area contributed by atoms with Crippen LogP contribution in [0, 0.1) is 6.92 Å². The molecule has 5 heteroatoms. The van der Waals surface area contributed by atoms with Gasteiger partial charge in [0.25, 0.3) is 0 Å². The molecule has 0 unspecified atom stereocenters. The highest BCUT2D eigenvalue weighted by Gasteiger charge is 2.20. The molecule has 172 valence electrons.